The minimum absolute atomic E-state index is 0.0275. The van der Waals surface area contributed by atoms with E-state index >= 15 is 0 Å². The Morgan fingerprint density at radius 2 is 1.68 bits per heavy atom. The van der Waals surface area contributed by atoms with Crippen molar-refractivity contribution in [2.24, 2.45) is 0 Å². The third kappa shape index (κ3) is 4.15. The lowest BCUT2D eigenvalue weighted by Crippen LogP contribution is -2.49. The maximum absolute atomic E-state index is 13.7. The zero-order valence-electron chi connectivity index (χ0n) is 21.9. The fourth-order valence-corrected chi connectivity index (χ4v) is 6.16. The fraction of sp³-hybridized carbons (Fsp3) is 0.161. The van der Waals surface area contributed by atoms with Crippen molar-refractivity contribution in [3.63, 3.8) is 0 Å². The quantitative estimate of drug-likeness (QED) is 0.327. The molecule has 6 aromatic rings. The van der Waals surface area contributed by atoms with E-state index in [0.717, 1.165) is 34.7 Å². The van der Waals surface area contributed by atoms with Crippen molar-refractivity contribution in [1.29, 1.82) is 0 Å². The number of rotatable bonds is 4. The minimum Gasteiger partial charge on any atom is -0.368 e. The van der Waals surface area contributed by atoms with Crippen LogP contribution in [-0.2, 0) is 0 Å². The summed E-state index contributed by atoms with van der Waals surface area (Å²) < 4.78 is 1.78. The Hall–Kier alpha value is -4.76. The number of aryl methyl sites for hydroxylation is 1. The second-order valence-electron chi connectivity index (χ2n) is 9.99. The molecule has 0 radical (unpaired) electrons. The van der Waals surface area contributed by atoms with Crippen LogP contribution in [0.3, 0.4) is 0 Å². The number of H-pyrrole nitrogens is 1. The molecule has 8 nitrogen and oxygen atoms in total. The number of benzene rings is 3. The first-order valence-electron chi connectivity index (χ1n) is 13.2. The molecule has 1 aliphatic rings. The van der Waals surface area contributed by atoms with E-state index in [1.165, 1.54) is 22.5 Å². The van der Waals surface area contributed by atoms with Gasteiger partial charge in [0.1, 0.15) is 0 Å². The summed E-state index contributed by atoms with van der Waals surface area (Å²) in [5, 5.41) is 10.4. The molecule has 4 heterocycles. The molecule has 1 N–H and O–H groups in total. The molecule has 0 spiro atoms. The molecule has 0 unspecified atom stereocenters. The number of piperazine rings is 1. The summed E-state index contributed by atoms with van der Waals surface area (Å²) in [6.07, 6.45) is 0. The lowest BCUT2D eigenvalue weighted by atomic mass is 10.0. The molecular formula is C31H26N6O2S. The van der Waals surface area contributed by atoms with Crippen molar-refractivity contribution in [3.8, 4) is 21.8 Å². The van der Waals surface area contributed by atoms with Crippen LogP contribution in [0.2, 0.25) is 0 Å². The van der Waals surface area contributed by atoms with E-state index in [2.05, 4.69) is 68.6 Å². The number of thiophene rings is 1. The Labute approximate surface area is 234 Å². The van der Waals surface area contributed by atoms with Gasteiger partial charge in [-0.1, -0.05) is 48.5 Å². The third-order valence-corrected chi connectivity index (χ3v) is 8.42. The highest BCUT2D eigenvalue weighted by Crippen LogP contribution is 2.28. The number of nitrogens with one attached hydrogen (secondary N) is 1. The van der Waals surface area contributed by atoms with Crippen molar-refractivity contribution in [2.45, 2.75) is 6.92 Å². The first-order valence-corrected chi connectivity index (χ1v) is 14.1. The van der Waals surface area contributed by atoms with E-state index in [4.69, 9.17) is 0 Å². The molecular weight excluding hydrogens is 520 g/mol. The van der Waals surface area contributed by atoms with Crippen LogP contribution in [0.25, 0.3) is 38.5 Å². The Kier molecular flexibility index (Phi) is 5.93. The molecule has 198 valence electrons. The maximum atomic E-state index is 13.7. The second-order valence-corrected chi connectivity index (χ2v) is 10.9. The van der Waals surface area contributed by atoms with E-state index in [9.17, 15) is 9.59 Å². The highest BCUT2D eigenvalue weighted by molar-refractivity contribution is 7.13. The lowest BCUT2D eigenvalue weighted by molar-refractivity contribution is 0.0746. The molecule has 3 aromatic carbocycles. The smallest absolute Gasteiger partial charge is 0.294 e. The van der Waals surface area contributed by atoms with Gasteiger partial charge in [-0.25, -0.2) is 0 Å². The molecule has 40 heavy (non-hydrogen) atoms. The van der Waals surface area contributed by atoms with Crippen LogP contribution in [0.15, 0.2) is 89.0 Å². The summed E-state index contributed by atoms with van der Waals surface area (Å²) in [6.45, 7) is 4.67. The van der Waals surface area contributed by atoms with Gasteiger partial charge in [-0.05, 0) is 59.3 Å². The standard InChI is InChI=1S/C31H26N6O2S/c1-20-17-26-25(32-30(38)29-34-33-28(37(26)29)27-11-6-16-40-27)19-24(20)31(39)36-14-12-35(13-15-36)23-10-5-9-22(18-23)21-7-3-2-4-8-21/h2-11,16-19H,12-15H2,1H3,(H,32,38). The van der Waals surface area contributed by atoms with Gasteiger partial charge in [0, 0.05) is 37.4 Å². The summed E-state index contributed by atoms with van der Waals surface area (Å²) in [4.78, 5) is 34.6. The van der Waals surface area contributed by atoms with Gasteiger partial charge < -0.3 is 14.8 Å². The number of aromatic nitrogens is 4. The molecule has 3 aromatic heterocycles. The van der Waals surface area contributed by atoms with E-state index in [1.807, 2.05) is 41.5 Å². The number of carbonyl (C=O) groups excluding carboxylic acids is 1. The largest absolute Gasteiger partial charge is 0.368 e. The summed E-state index contributed by atoms with van der Waals surface area (Å²) in [6, 6.07) is 26.6. The van der Waals surface area contributed by atoms with Crippen LogP contribution in [0.4, 0.5) is 5.69 Å². The normalized spacial score (nSPS) is 13.8. The highest BCUT2D eigenvalue weighted by atomic mass is 32.1. The van der Waals surface area contributed by atoms with Crippen molar-refractivity contribution in [3.05, 3.63) is 106 Å². The Bertz CT molecular complexity index is 1920. The zero-order chi connectivity index (χ0) is 27.2. The number of aromatic amines is 1. The SMILES string of the molecule is Cc1cc2c(cc1C(=O)N1CCN(c3cccc(-c4ccccc4)c3)CC1)[nH]c(=O)c1nnc(-c3cccs3)n12. The molecule has 9 heteroatoms. The number of hydrogen-bond donors (Lipinski definition) is 1. The van der Waals surface area contributed by atoms with Gasteiger partial charge in [0.05, 0.1) is 15.9 Å². The molecule has 0 bridgehead atoms. The lowest BCUT2D eigenvalue weighted by Gasteiger charge is -2.36. The van der Waals surface area contributed by atoms with Crippen molar-refractivity contribution < 1.29 is 4.79 Å². The van der Waals surface area contributed by atoms with Gasteiger partial charge in [0.2, 0.25) is 5.65 Å². The summed E-state index contributed by atoms with van der Waals surface area (Å²) in [7, 11) is 0. The molecule has 1 aliphatic heterocycles. The van der Waals surface area contributed by atoms with Crippen LogP contribution in [-0.4, -0.2) is 56.6 Å². The maximum Gasteiger partial charge on any atom is 0.294 e. The number of nitrogens with zero attached hydrogens (tertiary/aromatic N) is 5. The zero-order valence-corrected chi connectivity index (χ0v) is 22.7. The second kappa shape index (κ2) is 9.77. The number of fused-ring (bicyclic) bond motifs is 3. The number of hydrogen-bond acceptors (Lipinski definition) is 6. The van der Waals surface area contributed by atoms with E-state index in [1.54, 1.807) is 10.5 Å². The van der Waals surface area contributed by atoms with E-state index in [0.29, 0.717) is 30.0 Å². The number of anilines is 1. The Morgan fingerprint density at radius 1 is 0.875 bits per heavy atom. The van der Waals surface area contributed by atoms with E-state index < -0.39 is 0 Å². The van der Waals surface area contributed by atoms with Gasteiger partial charge in [-0.3, -0.25) is 14.0 Å². The van der Waals surface area contributed by atoms with Crippen molar-refractivity contribution in [1.82, 2.24) is 24.5 Å². The van der Waals surface area contributed by atoms with Gasteiger partial charge in [0.15, 0.2) is 5.82 Å². The molecule has 1 fully saturated rings. The van der Waals surface area contributed by atoms with Crippen LogP contribution < -0.4 is 10.5 Å². The average Bonchev–Trinajstić information content (AvgIpc) is 3.69. The van der Waals surface area contributed by atoms with Crippen LogP contribution in [0.1, 0.15) is 15.9 Å². The first-order chi connectivity index (χ1) is 19.6. The topological polar surface area (TPSA) is 86.6 Å². The Morgan fingerprint density at radius 3 is 2.45 bits per heavy atom. The molecule has 0 aliphatic carbocycles. The molecule has 1 amide bonds. The van der Waals surface area contributed by atoms with Gasteiger partial charge in [0.25, 0.3) is 11.5 Å². The predicted molar refractivity (Wildman–Crippen MR) is 159 cm³/mol. The highest BCUT2D eigenvalue weighted by Gasteiger charge is 2.25. The number of amides is 1. The van der Waals surface area contributed by atoms with Crippen LogP contribution in [0.5, 0.6) is 0 Å². The minimum atomic E-state index is -0.337. The Balaban J connectivity index is 1.15. The molecule has 0 saturated carbocycles. The van der Waals surface area contributed by atoms with Crippen molar-refractivity contribution >= 4 is 39.6 Å². The van der Waals surface area contributed by atoms with E-state index in [-0.39, 0.29) is 17.1 Å². The van der Waals surface area contributed by atoms with Crippen LogP contribution >= 0.6 is 11.3 Å². The van der Waals surface area contributed by atoms with Crippen molar-refractivity contribution in [2.75, 3.05) is 31.1 Å². The van der Waals surface area contributed by atoms with Gasteiger partial charge in [-0.2, -0.15) is 0 Å². The van der Waals surface area contributed by atoms with Crippen LogP contribution in [0, 0.1) is 6.92 Å². The monoisotopic (exact) mass is 546 g/mol. The third-order valence-electron chi connectivity index (χ3n) is 7.56. The predicted octanol–water partition coefficient (Wildman–Crippen LogP) is 5.24. The number of carbonyl (C=O) groups is 1. The first kappa shape index (κ1) is 24.3. The van der Waals surface area contributed by atoms with Gasteiger partial charge in [-0.15, -0.1) is 21.5 Å². The molecule has 0 atom stereocenters. The molecule has 1 saturated heterocycles. The summed E-state index contributed by atoms with van der Waals surface area (Å²) in [5.74, 6) is 0.590. The summed E-state index contributed by atoms with van der Waals surface area (Å²) >= 11 is 1.54. The fourth-order valence-electron chi connectivity index (χ4n) is 5.46. The average molecular weight is 547 g/mol. The summed E-state index contributed by atoms with van der Waals surface area (Å²) in [5.41, 5.74) is 6.21. The van der Waals surface area contributed by atoms with Gasteiger partial charge >= 0.3 is 0 Å². The molecule has 7 rings (SSSR count).